The van der Waals surface area contributed by atoms with Crippen LogP contribution in [0.4, 0.5) is 4.79 Å². The van der Waals surface area contributed by atoms with Gasteiger partial charge in [-0.05, 0) is 70.2 Å². The molecule has 3 heterocycles. The Balaban J connectivity index is 1.43. The fraction of sp³-hybridized carbons (Fsp3) is 0.321. The molecule has 0 saturated heterocycles. The van der Waals surface area contributed by atoms with Crippen LogP contribution in [0.1, 0.15) is 37.6 Å². The van der Waals surface area contributed by atoms with Crippen molar-refractivity contribution in [3.63, 3.8) is 0 Å². The maximum atomic E-state index is 12.7. The lowest BCUT2D eigenvalue weighted by molar-refractivity contribution is 0.0528. The van der Waals surface area contributed by atoms with Crippen molar-refractivity contribution < 1.29 is 14.3 Å². The average Bonchev–Trinajstić information content (AvgIpc) is 3.35. The maximum absolute atomic E-state index is 12.7. The van der Waals surface area contributed by atoms with E-state index < -0.39 is 5.60 Å². The van der Waals surface area contributed by atoms with Gasteiger partial charge >= 0.3 is 6.09 Å². The largest absolute Gasteiger partial charge is 0.490 e. The lowest BCUT2D eigenvalue weighted by Crippen LogP contribution is -2.30. The lowest BCUT2D eigenvalue weighted by Gasteiger charge is -2.23. The molecule has 6 nitrogen and oxygen atoms in total. The highest BCUT2D eigenvalue weighted by Crippen LogP contribution is 2.35. The van der Waals surface area contributed by atoms with Crippen molar-refractivity contribution in [3.05, 3.63) is 82.8 Å². The summed E-state index contributed by atoms with van der Waals surface area (Å²) in [6.45, 7) is 10.2. The number of aromatic nitrogens is 2. The van der Waals surface area contributed by atoms with Crippen molar-refractivity contribution >= 4 is 28.6 Å². The molecule has 2 aromatic carbocycles. The first kappa shape index (κ1) is 23.5. The van der Waals surface area contributed by atoms with Crippen molar-refractivity contribution in [1.82, 2.24) is 14.0 Å². The Morgan fingerprint density at radius 3 is 2.74 bits per heavy atom. The highest BCUT2D eigenvalue weighted by atomic mass is 35.5. The predicted octanol–water partition coefficient (Wildman–Crippen LogP) is 6.57. The van der Waals surface area contributed by atoms with E-state index in [1.54, 1.807) is 10.8 Å². The number of carbonyl (C=O) groups is 1. The summed E-state index contributed by atoms with van der Waals surface area (Å²) in [4.78, 5) is 14.9. The summed E-state index contributed by atoms with van der Waals surface area (Å²) >= 11 is 6.71. The summed E-state index contributed by atoms with van der Waals surface area (Å²) in [6, 6.07) is 16.5. The van der Waals surface area contributed by atoms with Gasteiger partial charge in [0.1, 0.15) is 18.0 Å². The van der Waals surface area contributed by atoms with Crippen LogP contribution in [0.3, 0.4) is 0 Å². The molecule has 1 aliphatic rings. The fourth-order valence-corrected chi connectivity index (χ4v) is 4.82. The molecule has 0 spiro atoms. The third-order valence-electron chi connectivity index (χ3n) is 6.09. The summed E-state index contributed by atoms with van der Waals surface area (Å²) in [6.07, 6.45) is 3.45. The van der Waals surface area contributed by atoms with Crippen LogP contribution in [-0.4, -0.2) is 38.9 Å². The molecule has 5 rings (SSSR count). The molecule has 1 aliphatic heterocycles. The van der Waals surface area contributed by atoms with Crippen molar-refractivity contribution in [1.29, 1.82) is 0 Å². The van der Waals surface area contributed by atoms with Crippen LogP contribution in [0.5, 0.6) is 5.75 Å². The lowest BCUT2D eigenvalue weighted by atomic mass is 10.1. The molecule has 0 amide bonds. The third kappa shape index (κ3) is 4.95. The molecule has 7 heteroatoms. The highest BCUT2D eigenvalue weighted by Gasteiger charge is 2.23. The van der Waals surface area contributed by atoms with Crippen molar-refractivity contribution in [3.8, 4) is 11.4 Å². The quantitative estimate of drug-likeness (QED) is 0.325. The van der Waals surface area contributed by atoms with Crippen molar-refractivity contribution in [2.45, 2.75) is 46.4 Å². The van der Waals surface area contributed by atoms with Crippen molar-refractivity contribution in [2.75, 3.05) is 13.2 Å². The Labute approximate surface area is 210 Å². The minimum Gasteiger partial charge on any atom is -0.490 e. The zero-order valence-electron chi connectivity index (χ0n) is 20.5. The second-order valence-electron chi connectivity index (χ2n) is 10.1. The van der Waals surface area contributed by atoms with Crippen LogP contribution in [0.25, 0.3) is 16.6 Å². The number of aryl methyl sites for hydroxylation is 1. The van der Waals surface area contributed by atoms with E-state index in [1.807, 2.05) is 39.0 Å². The Hall–Kier alpha value is -3.22. The molecule has 35 heavy (non-hydrogen) atoms. The maximum Gasteiger partial charge on any atom is 0.418 e. The van der Waals surface area contributed by atoms with Crippen LogP contribution in [0.2, 0.25) is 5.02 Å². The highest BCUT2D eigenvalue weighted by molar-refractivity contribution is 6.32. The second-order valence-corrected chi connectivity index (χ2v) is 10.5. The first-order valence-electron chi connectivity index (χ1n) is 11.8. The predicted molar refractivity (Wildman–Crippen MR) is 139 cm³/mol. The van der Waals surface area contributed by atoms with Crippen LogP contribution in [0, 0.1) is 6.92 Å². The molecule has 0 N–H and O–H groups in total. The standard InChI is InChI=1S/C28H30ClN3O3/c1-19-7-8-25-20(14-19)9-11-31(25)23-15-21-17-30(12-13-34-26(21)24(29)16-23)18-22-6-5-10-32(22)27(33)35-28(2,3)4/h5-11,14-16H,12-13,17-18H2,1-4H3. The van der Waals surface area contributed by atoms with Gasteiger partial charge in [-0.15, -0.1) is 0 Å². The molecule has 4 aromatic rings. The average molecular weight is 492 g/mol. The Morgan fingerprint density at radius 2 is 1.94 bits per heavy atom. The number of ether oxygens (including phenoxy) is 2. The van der Waals surface area contributed by atoms with E-state index in [9.17, 15) is 4.79 Å². The number of hydrogen-bond acceptors (Lipinski definition) is 4. The SMILES string of the molecule is Cc1ccc2c(ccn2-c2cc(Cl)c3c(c2)CN(Cc2cccn2C(=O)OC(C)(C)C)CCO3)c1. The van der Waals surface area contributed by atoms with E-state index in [1.165, 1.54) is 10.9 Å². The van der Waals surface area contributed by atoms with Gasteiger partial charge in [0.2, 0.25) is 0 Å². The Kier molecular flexibility index (Phi) is 6.11. The number of halogens is 1. The van der Waals surface area contributed by atoms with Gasteiger partial charge < -0.3 is 14.0 Å². The Morgan fingerprint density at radius 1 is 1.11 bits per heavy atom. The van der Waals surface area contributed by atoms with Crippen LogP contribution in [0.15, 0.2) is 60.9 Å². The van der Waals surface area contributed by atoms with Crippen LogP contribution in [-0.2, 0) is 17.8 Å². The number of nitrogens with zero attached hydrogens (tertiary/aromatic N) is 3. The van der Waals surface area contributed by atoms with Gasteiger partial charge in [0.05, 0.1) is 10.5 Å². The van der Waals surface area contributed by atoms with Crippen molar-refractivity contribution in [2.24, 2.45) is 0 Å². The Bertz CT molecular complexity index is 1400. The third-order valence-corrected chi connectivity index (χ3v) is 6.37. The number of benzene rings is 2. The number of hydrogen-bond donors (Lipinski definition) is 0. The molecule has 0 fully saturated rings. The molecule has 0 unspecified atom stereocenters. The van der Waals surface area contributed by atoms with Crippen LogP contribution < -0.4 is 4.74 Å². The minimum absolute atomic E-state index is 0.371. The van der Waals surface area contributed by atoms with E-state index in [0.29, 0.717) is 31.3 Å². The minimum atomic E-state index is -0.553. The molecule has 182 valence electrons. The number of fused-ring (bicyclic) bond motifs is 2. The normalized spacial score (nSPS) is 14.4. The summed E-state index contributed by atoms with van der Waals surface area (Å²) in [5.74, 6) is 0.729. The molecule has 0 saturated carbocycles. The summed E-state index contributed by atoms with van der Waals surface area (Å²) in [5, 5.41) is 1.79. The van der Waals surface area contributed by atoms with Gasteiger partial charge in [0.25, 0.3) is 0 Å². The molecular weight excluding hydrogens is 462 g/mol. The van der Waals surface area contributed by atoms with E-state index in [0.717, 1.165) is 28.2 Å². The fourth-order valence-electron chi connectivity index (χ4n) is 4.53. The summed E-state index contributed by atoms with van der Waals surface area (Å²) in [5.41, 5.74) is 4.70. The van der Waals surface area contributed by atoms with Gasteiger partial charge in [-0.1, -0.05) is 23.2 Å². The molecule has 2 aromatic heterocycles. The number of carbonyl (C=O) groups excluding carboxylic acids is 1. The number of rotatable bonds is 3. The van der Waals surface area contributed by atoms with E-state index in [2.05, 4.69) is 52.9 Å². The van der Waals surface area contributed by atoms with Gasteiger partial charge in [0.15, 0.2) is 0 Å². The molecule has 0 bridgehead atoms. The summed E-state index contributed by atoms with van der Waals surface area (Å²) in [7, 11) is 0. The van der Waals surface area contributed by atoms with Gasteiger partial charge in [-0.2, -0.15) is 0 Å². The van der Waals surface area contributed by atoms with Gasteiger partial charge in [-0.3, -0.25) is 9.47 Å². The smallest absolute Gasteiger partial charge is 0.418 e. The molecule has 0 atom stereocenters. The molecule has 0 aliphatic carbocycles. The van der Waals surface area contributed by atoms with E-state index in [4.69, 9.17) is 21.1 Å². The molecule has 0 radical (unpaired) electrons. The summed E-state index contributed by atoms with van der Waals surface area (Å²) < 4.78 is 15.4. The molecular formula is C28H30ClN3O3. The van der Waals surface area contributed by atoms with E-state index in [-0.39, 0.29) is 6.09 Å². The van der Waals surface area contributed by atoms with Gasteiger partial charge in [0, 0.05) is 54.4 Å². The zero-order valence-corrected chi connectivity index (χ0v) is 21.3. The van der Waals surface area contributed by atoms with Crippen LogP contribution >= 0.6 is 11.6 Å². The van der Waals surface area contributed by atoms with Gasteiger partial charge in [-0.25, -0.2) is 4.79 Å². The van der Waals surface area contributed by atoms with E-state index >= 15 is 0 Å². The topological polar surface area (TPSA) is 48.6 Å². The first-order valence-corrected chi connectivity index (χ1v) is 12.2. The monoisotopic (exact) mass is 491 g/mol. The zero-order chi connectivity index (χ0) is 24.7. The first-order chi connectivity index (χ1) is 16.7. The second kappa shape index (κ2) is 9.10.